The third-order valence-electron chi connectivity index (χ3n) is 3.08. The van der Waals surface area contributed by atoms with E-state index in [0.29, 0.717) is 24.5 Å². The third-order valence-corrected chi connectivity index (χ3v) is 3.08. The maximum Gasteiger partial charge on any atom is 0.320 e. The van der Waals surface area contributed by atoms with Crippen LogP contribution in [-0.2, 0) is 16.1 Å². The molecule has 21 heavy (non-hydrogen) atoms. The fourth-order valence-corrected chi connectivity index (χ4v) is 2.15. The predicted molar refractivity (Wildman–Crippen MR) is 79.2 cm³/mol. The van der Waals surface area contributed by atoms with Gasteiger partial charge in [-0.3, -0.25) is 18.9 Å². The minimum atomic E-state index is -0.284. The van der Waals surface area contributed by atoms with Gasteiger partial charge in [-0.15, -0.1) is 0 Å². The lowest BCUT2D eigenvalue weighted by Crippen LogP contribution is -2.28. The molecule has 0 aliphatic heterocycles. The maximum absolute atomic E-state index is 12.1. The molecule has 0 aliphatic carbocycles. The average molecular weight is 289 g/mol. The van der Waals surface area contributed by atoms with E-state index in [1.165, 1.54) is 10.5 Å². The summed E-state index contributed by atoms with van der Waals surface area (Å²) >= 11 is 0. The normalized spacial score (nSPS) is 11.0. The van der Waals surface area contributed by atoms with Crippen LogP contribution in [0.15, 0.2) is 29.2 Å². The summed E-state index contributed by atoms with van der Waals surface area (Å²) in [6.07, 6.45) is 1.70. The van der Waals surface area contributed by atoms with E-state index in [-0.39, 0.29) is 18.1 Å². The number of pyridine rings is 1. The van der Waals surface area contributed by atoms with Crippen molar-refractivity contribution in [3.8, 4) is 0 Å². The van der Waals surface area contributed by atoms with Crippen molar-refractivity contribution >= 4 is 11.6 Å². The number of rotatable bonds is 5. The van der Waals surface area contributed by atoms with Gasteiger partial charge in [-0.2, -0.15) is 0 Å². The quantitative estimate of drug-likeness (QED) is 0.768. The van der Waals surface area contributed by atoms with Gasteiger partial charge < -0.3 is 4.74 Å². The van der Waals surface area contributed by atoms with E-state index in [1.807, 2.05) is 19.1 Å². The minimum Gasteiger partial charge on any atom is -0.465 e. The molecule has 0 saturated heterocycles. The molecule has 0 aliphatic rings. The fraction of sp³-hybridized carbons (Fsp3) is 0.400. The monoisotopic (exact) mass is 289 g/mol. The highest BCUT2D eigenvalue weighted by molar-refractivity contribution is 5.71. The molecule has 0 fully saturated rings. The molecule has 0 bridgehead atoms. The van der Waals surface area contributed by atoms with Gasteiger partial charge in [0.1, 0.15) is 5.65 Å². The zero-order valence-corrected chi connectivity index (χ0v) is 12.5. The van der Waals surface area contributed by atoms with E-state index >= 15 is 0 Å². The Balaban J connectivity index is 2.21. The van der Waals surface area contributed by atoms with Crippen molar-refractivity contribution in [1.82, 2.24) is 14.3 Å². The van der Waals surface area contributed by atoms with Crippen LogP contribution in [0.2, 0.25) is 0 Å². The van der Waals surface area contributed by atoms with Crippen LogP contribution in [0, 0.1) is 6.92 Å². The highest BCUT2D eigenvalue weighted by Gasteiger charge is 2.10. The van der Waals surface area contributed by atoms with Gasteiger partial charge in [0.2, 0.25) is 0 Å². The molecule has 6 heteroatoms. The van der Waals surface area contributed by atoms with Crippen molar-refractivity contribution in [2.75, 3.05) is 20.2 Å². The van der Waals surface area contributed by atoms with Crippen molar-refractivity contribution in [3.05, 3.63) is 46.0 Å². The van der Waals surface area contributed by atoms with Crippen molar-refractivity contribution in [3.63, 3.8) is 0 Å². The van der Waals surface area contributed by atoms with Crippen molar-refractivity contribution in [2.24, 2.45) is 0 Å². The highest BCUT2D eigenvalue weighted by atomic mass is 16.5. The lowest BCUT2D eigenvalue weighted by molar-refractivity contribution is -0.144. The number of carbonyl (C=O) groups is 1. The Hall–Kier alpha value is -2.21. The minimum absolute atomic E-state index is 0.122. The molecule has 0 saturated carbocycles. The molecule has 0 atom stereocenters. The van der Waals surface area contributed by atoms with E-state index in [0.717, 1.165) is 5.56 Å². The standard InChI is InChI=1S/C15H19N3O3/c1-4-21-14(20)10-17(3)9-12-8-13(19)18-7-5-6-11(2)15(18)16-12/h5-8H,4,9-10H2,1-3H3. The number of carbonyl (C=O) groups excluding carboxylic acids is 1. The summed E-state index contributed by atoms with van der Waals surface area (Å²) in [5.41, 5.74) is 2.10. The summed E-state index contributed by atoms with van der Waals surface area (Å²) in [7, 11) is 1.79. The number of hydrogen-bond acceptors (Lipinski definition) is 5. The van der Waals surface area contributed by atoms with Crippen LogP contribution < -0.4 is 5.56 Å². The van der Waals surface area contributed by atoms with Gasteiger partial charge in [0.05, 0.1) is 18.8 Å². The first-order valence-corrected chi connectivity index (χ1v) is 6.83. The van der Waals surface area contributed by atoms with Crippen molar-refractivity contribution in [1.29, 1.82) is 0 Å². The molecule has 0 aromatic carbocycles. The number of fused-ring (bicyclic) bond motifs is 1. The summed E-state index contributed by atoms with van der Waals surface area (Å²) in [5, 5.41) is 0. The molecule has 0 radical (unpaired) electrons. The first-order valence-electron chi connectivity index (χ1n) is 6.83. The molecule has 6 nitrogen and oxygen atoms in total. The second kappa shape index (κ2) is 6.49. The van der Waals surface area contributed by atoms with Crippen LogP contribution in [-0.4, -0.2) is 40.5 Å². The van der Waals surface area contributed by atoms with Gasteiger partial charge in [-0.05, 0) is 32.5 Å². The van der Waals surface area contributed by atoms with E-state index in [1.54, 1.807) is 25.1 Å². The molecule has 0 spiro atoms. The Morgan fingerprint density at radius 2 is 2.24 bits per heavy atom. The second-order valence-corrected chi connectivity index (χ2v) is 4.95. The number of likely N-dealkylation sites (N-methyl/N-ethyl adjacent to an activating group) is 1. The number of aryl methyl sites for hydroxylation is 1. The van der Waals surface area contributed by atoms with Crippen LogP contribution in [0.5, 0.6) is 0 Å². The SMILES string of the molecule is CCOC(=O)CN(C)Cc1cc(=O)n2cccc(C)c2n1. The number of ether oxygens (including phenoxy) is 1. The van der Waals surface area contributed by atoms with Gasteiger partial charge in [0, 0.05) is 18.8 Å². The van der Waals surface area contributed by atoms with Gasteiger partial charge in [-0.1, -0.05) is 6.07 Å². The van der Waals surface area contributed by atoms with E-state index in [9.17, 15) is 9.59 Å². The molecule has 2 aromatic rings. The summed E-state index contributed by atoms with van der Waals surface area (Å²) in [4.78, 5) is 29.8. The lowest BCUT2D eigenvalue weighted by atomic mass is 10.3. The van der Waals surface area contributed by atoms with E-state index < -0.39 is 0 Å². The topological polar surface area (TPSA) is 63.9 Å². The second-order valence-electron chi connectivity index (χ2n) is 4.95. The molecular weight excluding hydrogens is 270 g/mol. The largest absolute Gasteiger partial charge is 0.465 e. The molecule has 2 heterocycles. The summed E-state index contributed by atoms with van der Waals surface area (Å²) in [6.45, 7) is 4.63. The first kappa shape index (κ1) is 15.2. The lowest BCUT2D eigenvalue weighted by Gasteiger charge is -2.15. The summed E-state index contributed by atoms with van der Waals surface area (Å²) in [6, 6.07) is 5.22. The average Bonchev–Trinajstić information content (AvgIpc) is 2.40. The molecule has 2 rings (SSSR count). The van der Waals surface area contributed by atoms with Gasteiger partial charge in [-0.25, -0.2) is 4.98 Å². The Morgan fingerprint density at radius 1 is 1.48 bits per heavy atom. The van der Waals surface area contributed by atoms with Crippen LogP contribution in [0.25, 0.3) is 5.65 Å². The molecule has 2 aromatic heterocycles. The van der Waals surface area contributed by atoms with Crippen LogP contribution in [0.3, 0.4) is 0 Å². The fourth-order valence-electron chi connectivity index (χ4n) is 2.15. The molecule has 0 amide bonds. The van der Waals surface area contributed by atoms with Crippen LogP contribution in [0.4, 0.5) is 0 Å². The zero-order chi connectivity index (χ0) is 15.4. The Kier molecular flexibility index (Phi) is 4.70. The Morgan fingerprint density at radius 3 is 2.95 bits per heavy atom. The predicted octanol–water partition coefficient (Wildman–Crippen LogP) is 0.998. The first-order chi connectivity index (χ1) is 10.0. The van der Waals surface area contributed by atoms with E-state index in [4.69, 9.17) is 4.74 Å². The number of esters is 1. The summed E-state index contributed by atoms with van der Waals surface area (Å²) < 4.78 is 6.41. The zero-order valence-electron chi connectivity index (χ0n) is 12.5. The van der Waals surface area contributed by atoms with E-state index in [2.05, 4.69) is 4.98 Å². The molecular formula is C15H19N3O3. The van der Waals surface area contributed by atoms with Crippen LogP contribution >= 0.6 is 0 Å². The number of hydrogen-bond donors (Lipinski definition) is 0. The molecule has 112 valence electrons. The van der Waals surface area contributed by atoms with Gasteiger partial charge >= 0.3 is 5.97 Å². The maximum atomic E-state index is 12.1. The number of aromatic nitrogens is 2. The Bertz CT molecular complexity index is 709. The molecule has 0 unspecified atom stereocenters. The molecule has 0 N–H and O–H groups in total. The van der Waals surface area contributed by atoms with Crippen molar-refractivity contribution in [2.45, 2.75) is 20.4 Å². The Labute approximate surface area is 123 Å². The van der Waals surface area contributed by atoms with Crippen molar-refractivity contribution < 1.29 is 9.53 Å². The smallest absolute Gasteiger partial charge is 0.320 e. The number of nitrogens with zero attached hydrogens (tertiary/aromatic N) is 3. The van der Waals surface area contributed by atoms with Gasteiger partial charge in [0.15, 0.2) is 0 Å². The van der Waals surface area contributed by atoms with Gasteiger partial charge in [0.25, 0.3) is 5.56 Å². The third kappa shape index (κ3) is 3.66. The summed E-state index contributed by atoms with van der Waals surface area (Å²) in [5.74, 6) is -0.284. The van der Waals surface area contributed by atoms with Crippen LogP contribution in [0.1, 0.15) is 18.2 Å². The highest BCUT2D eigenvalue weighted by Crippen LogP contribution is 2.06.